The van der Waals surface area contributed by atoms with E-state index in [0.29, 0.717) is 49.7 Å². The zero-order valence-electron chi connectivity index (χ0n) is 12.9. The van der Waals surface area contributed by atoms with Gasteiger partial charge in [0.2, 0.25) is 0 Å². The molecule has 2 fully saturated rings. The minimum atomic E-state index is -0.578. The molecule has 0 spiro atoms. The Morgan fingerprint density at radius 1 is 1.48 bits per heavy atom. The van der Waals surface area contributed by atoms with Crippen LogP contribution in [0.5, 0.6) is 0 Å². The van der Waals surface area contributed by atoms with Crippen molar-refractivity contribution in [2.45, 2.75) is 23.1 Å². The first-order valence-electron chi connectivity index (χ1n) is 7.75. The molecule has 0 saturated carbocycles. The first-order chi connectivity index (χ1) is 11.9. The lowest BCUT2D eigenvalue weighted by atomic mass is 9.94. The van der Waals surface area contributed by atoms with Crippen LogP contribution in [0.15, 0.2) is 25.0 Å². The van der Waals surface area contributed by atoms with Crippen molar-refractivity contribution < 1.29 is 9.84 Å². The van der Waals surface area contributed by atoms with Crippen molar-refractivity contribution in [1.82, 2.24) is 14.9 Å². The fourth-order valence-corrected chi connectivity index (χ4v) is 5.05. The van der Waals surface area contributed by atoms with Crippen LogP contribution in [0, 0.1) is 0 Å². The molecule has 7 nitrogen and oxygen atoms in total. The van der Waals surface area contributed by atoms with Gasteiger partial charge in [0.15, 0.2) is 0 Å². The van der Waals surface area contributed by atoms with Crippen molar-refractivity contribution in [3.8, 4) is 0 Å². The molecule has 3 atom stereocenters. The van der Waals surface area contributed by atoms with Crippen LogP contribution in [0.1, 0.15) is 0 Å². The summed E-state index contributed by atoms with van der Waals surface area (Å²) < 4.78 is 5.95. The van der Waals surface area contributed by atoms with E-state index in [1.807, 2.05) is 0 Å². The van der Waals surface area contributed by atoms with Gasteiger partial charge in [-0.1, -0.05) is 11.6 Å². The number of H-pyrrole nitrogens is 2. The molecule has 0 bridgehead atoms. The Morgan fingerprint density at radius 3 is 2.92 bits per heavy atom. The van der Waals surface area contributed by atoms with E-state index >= 15 is 0 Å². The molecule has 0 amide bonds. The fraction of sp³-hybridized carbons (Fsp3) is 0.467. The Labute approximate surface area is 159 Å². The third kappa shape index (κ3) is 3.17. The number of likely N-dealkylation sites (tertiary alicyclic amines) is 1. The standard InChI is InChI=1S/C15H15BrClN3O4S/c16-11-8(17)1-7-12(18-15(23)19-14(7)22)13(11)25-5-6(21)2-20-3-10-9(20)4-24-10/h1,6,9-10,21H,2-5H2,(H2,18,19,22,23)/t6-,9?,10?/m1/s1. The summed E-state index contributed by atoms with van der Waals surface area (Å²) in [6.07, 6.45) is -0.205. The third-order valence-corrected chi connectivity index (χ3v) is 7.41. The lowest BCUT2D eigenvalue weighted by Crippen LogP contribution is -2.71. The second-order valence-electron chi connectivity index (χ2n) is 6.19. The highest BCUT2D eigenvalue weighted by molar-refractivity contribution is 9.10. The zero-order chi connectivity index (χ0) is 17.7. The molecule has 2 aromatic rings. The summed E-state index contributed by atoms with van der Waals surface area (Å²) in [5.74, 6) is 0.414. The molecule has 0 aliphatic carbocycles. The van der Waals surface area contributed by atoms with Gasteiger partial charge in [-0.3, -0.25) is 14.7 Å². The van der Waals surface area contributed by atoms with Crippen molar-refractivity contribution in [1.29, 1.82) is 0 Å². The highest BCUT2D eigenvalue weighted by atomic mass is 79.9. The maximum atomic E-state index is 12.0. The molecule has 134 valence electrons. The van der Waals surface area contributed by atoms with Gasteiger partial charge >= 0.3 is 5.69 Å². The first-order valence-corrected chi connectivity index (χ1v) is 9.90. The van der Waals surface area contributed by atoms with Crippen molar-refractivity contribution in [3.63, 3.8) is 0 Å². The van der Waals surface area contributed by atoms with E-state index in [1.54, 1.807) is 0 Å². The van der Waals surface area contributed by atoms with Crippen LogP contribution in [-0.2, 0) is 4.74 Å². The van der Waals surface area contributed by atoms with E-state index < -0.39 is 17.4 Å². The molecule has 3 N–H and O–H groups in total. The Hall–Kier alpha value is -0.840. The van der Waals surface area contributed by atoms with Gasteiger partial charge in [0.1, 0.15) is 0 Å². The Kier molecular flexibility index (Phi) is 4.72. The van der Waals surface area contributed by atoms with E-state index in [0.717, 1.165) is 13.2 Å². The fourth-order valence-electron chi connectivity index (χ4n) is 3.13. The lowest BCUT2D eigenvalue weighted by molar-refractivity contribution is -0.218. The summed E-state index contributed by atoms with van der Waals surface area (Å²) in [5, 5.41) is 11.0. The van der Waals surface area contributed by atoms with Gasteiger partial charge in [-0.05, 0) is 22.0 Å². The number of nitrogens with one attached hydrogen (secondary N) is 2. The quantitative estimate of drug-likeness (QED) is 0.594. The van der Waals surface area contributed by atoms with Gasteiger partial charge in [0, 0.05) is 23.7 Å². The highest BCUT2D eigenvalue weighted by Crippen LogP contribution is 2.38. The van der Waals surface area contributed by atoms with E-state index in [2.05, 4.69) is 30.8 Å². The Bertz CT molecular complexity index is 949. The molecule has 1 aromatic carbocycles. The second-order valence-corrected chi connectivity index (χ2v) is 8.42. The number of aromatic nitrogens is 2. The minimum absolute atomic E-state index is 0.307. The van der Waals surface area contributed by atoms with E-state index in [4.69, 9.17) is 16.3 Å². The number of thioether (sulfide) groups is 1. The van der Waals surface area contributed by atoms with Crippen LogP contribution in [0.3, 0.4) is 0 Å². The number of hydrogen-bond donors (Lipinski definition) is 3. The molecule has 2 aliphatic rings. The average Bonchev–Trinajstić information content (AvgIpc) is 2.53. The van der Waals surface area contributed by atoms with E-state index in [1.165, 1.54) is 17.8 Å². The van der Waals surface area contributed by atoms with Gasteiger partial charge < -0.3 is 14.8 Å². The molecule has 4 rings (SSSR count). The van der Waals surface area contributed by atoms with Gasteiger partial charge in [-0.25, -0.2) is 4.79 Å². The number of hydrogen-bond acceptors (Lipinski definition) is 6. The largest absolute Gasteiger partial charge is 0.391 e. The van der Waals surface area contributed by atoms with Crippen LogP contribution in [0.4, 0.5) is 0 Å². The van der Waals surface area contributed by atoms with E-state index in [9.17, 15) is 14.7 Å². The van der Waals surface area contributed by atoms with Gasteiger partial charge in [0.25, 0.3) is 5.56 Å². The molecule has 3 heterocycles. The Morgan fingerprint density at radius 2 is 2.28 bits per heavy atom. The van der Waals surface area contributed by atoms with Crippen LogP contribution in [0.2, 0.25) is 5.02 Å². The molecule has 2 aliphatic heterocycles. The van der Waals surface area contributed by atoms with Crippen LogP contribution in [0.25, 0.3) is 10.9 Å². The molecule has 1 aromatic heterocycles. The SMILES string of the molecule is O=c1[nH]c(=O)c2cc(Cl)c(Br)c(SC[C@H](O)CN3CC4OCC43)c2[nH]1. The predicted octanol–water partition coefficient (Wildman–Crippen LogP) is 1.17. The van der Waals surface area contributed by atoms with Crippen molar-refractivity contribution in [3.05, 3.63) is 36.4 Å². The van der Waals surface area contributed by atoms with Gasteiger partial charge in [0.05, 0.1) is 45.3 Å². The summed E-state index contributed by atoms with van der Waals surface area (Å²) in [4.78, 5) is 31.3. The van der Waals surface area contributed by atoms with Crippen LogP contribution < -0.4 is 11.2 Å². The van der Waals surface area contributed by atoms with Gasteiger partial charge in [-0.15, -0.1) is 11.8 Å². The number of aromatic amines is 2. The highest BCUT2D eigenvalue weighted by Gasteiger charge is 2.47. The molecule has 25 heavy (non-hydrogen) atoms. The number of benzene rings is 1. The first kappa shape index (κ1) is 17.6. The zero-order valence-corrected chi connectivity index (χ0v) is 16.1. The summed E-state index contributed by atoms with van der Waals surface area (Å²) in [7, 11) is 0. The van der Waals surface area contributed by atoms with Crippen molar-refractivity contribution in [2.75, 3.05) is 25.4 Å². The molecule has 0 radical (unpaired) electrons. The number of fused-ring (bicyclic) bond motifs is 2. The summed E-state index contributed by atoms with van der Waals surface area (Å²) in [6, 6.07) is 1.95. The predicted molar refractivity (Wildman–Crippen MR) is 99.7 cm³/mol. The number of aliphatic hydroxyl groups excluding tert-OH is 1. The number of rotatable bonds is 5. The Balaban J connectivity index is 1.54. The maximum absolute atomic E-state index is 12.0. The van der Waals surface area contributed by atoms with Crippen LogP contribution in [-0.4, -0.2) is 63.7 Å². The summed E-state index contributed by atoms with van der Waals surface area (Å²) in [5.41, 5.74) is -0.656. The normalized spacial score (nSPS) is 23.8. The minimum Gasteiger partial charge on any atom is -0.391 e. The molecule has 2 saturated heterocycles. The van der Waals surface area contributed by atoms with Crippen molar-refractivity contribution in [2.24, 2.45) is 0 Å². The summed E-state index contributed by atoms with van der Waals surface area (Å²) >= 11 is 10.9. The topological polar surface area (TPSA) is 98.4 Å². The van der Waals surface area contributed by atoms with Crippen LogP contribution >= 0.6 is 39.3 Å². The lowest BCUT2D eigenvalue weighted by Gasteiger charge is -2.55. The second kappa shape index (κ2) is 6.71. The maximum Gasteiger partial charge on any atom is 0.326 e. The molecular formula is C15H15BrClN3O4S. The van der Waals surface area contributed by atoms with E-state index in [-0.39, 0.29) is 0 Å². The number of nitrogens with zero attached hydrogens (tertiary/aromatic N) is 1. The molecule has 10 heteroatoms. The third-order valence-electron chi connectivity index (χ3n) is 4.55. The summed E-state index contributed by atoms with van der Waals surface area (Å²) in [6.45, 7) is 2.17. The number of morpholine rings is 1. The van der Waals surface area contributed by atoms with Gasteiger partial charge in [-0.2, -0.15) is 0 Å². The number of aliphatic hydroxyl groups is 1. The van der Waals surface area contributed by atoms with Crippen molar-refractivity contribution >= 4 is 50.2 Å². The average molecular weight is 449 g/mol. The molecular weight excluding hydrogens is 434 g/mol. The number of halogens is 2. The molecule has 2 unspecified atom stereocenters. The number of ether oxygens (including phenoxy) is 1. The monoisotopic (exact) mass is 447 g/mol. The number of β-amino-alcohol motifs (C(OH)–C–C–N with tert-alkyl or cyclic N) is 1. The smallest absolute Gasteiger partial charge is 0.326 e.